The molecular weight excluding hydrogens is 466 g/mol. The number of para-hydroxylation sites is 1. The van der Waals surface area contributed by atoms with E-state index in [1.807, 2.05) is 35.7 Å². The number of thiazole rings is 1. The first kappa shape index (κ1) is 24.0. The Morgan fingerprint density at radius 3 is 2.56 bits per heavy atom. The zero-order chi connectivity index (χ0) is 24.2. The van der Waals surface area contributed by atoms with Crippen molar-refractivity contribution in [1.29, 1.82) is 0 Å². The lowest BCUT2D eigenvalue weighted by atomic mass is 10.0. The van der Waals surface area contributed by atoms with Gasteiger partial charge in [0.25, 0.3) is 0 Å². The average molecular weight is 494 g/mol. The second-order valence-electron chi connectivity index (χ2n) is 8.07. The Bertz CT molecular complexity index is 1280. The first-order valence-corrected chi connectivity index (χ1v) is 12.8. The van der Waals surface area contributed by atoms with E-state index in [1.54, 1.807) is 30.8 Å². The standard InChI is InChI=1S/C25H27N5O2S2/c1-16(2)21-8-6-7-9-22(21)30-23(18-10-12-20(32-5)13-11-18)27-28-25(30)34-15-19-14-33-24(26-19)29(4)17(3)31/h6-14,16H,15H2,1-5H3. The Hall–Kier alpha value is -3.17. The fourth-order valence-corrected chi connectivity index (χ4v) is 5.25. The van der Waals surface area contributed by atoms with Crippen LogP contribution in [0.2, 0.25) is 0 Å². The number of methoxy groups -OCH3 is 1. The van der Waals surface area contributed by atoms with Crippen LogP contribution in [0.15, 0.2) is 59.1 Å². The Labute approximate surface area is 207 Å². The van der Waals surface area contributed by atoms with Gasteiger partial charge in [-0.05, 0) is 41.8 Å². The molecule has 0 aliphatic rings. The third-order valence-corrected chi connectivity index (χ3v) is 7.36. The number of anilines is 1. The van der Waals surface area contributed by atoms with E-state index in [0.29, 0.717) is 16.8 Å². The fourth-order valence-electron chi connectivity index (χ4n) is 3.48. The number of hydrogen-bond donors (Lipinski definition) is 0. The van der Waals surface area contributed by atoms with E-state index < -0.39 is 0 Å². The molecule has 0 N–H and O–H groups in total. The maximum absolute atomic E-state index is 11.7. The second-order valence-corrected chi connectivity index (χ2v) is 9.85. The highest BCUT2D eigenvalue weighted by Gasteiger charge is 2.20. The minimum Gasteiger partial charge on any atom is -0.497 e. The lowest BCUT2D eigenvalue weighted by molar-refractivity contribution is -0.116. The molecule has 0 saturated carbocycles. The smallest absolute Gasteiger partial charge is 0.225 e. The average Bonchev–Trinajstić information content (AvgIpc) is 3.49. The van der Waals surface area contributed by atoms with Crippen LogP contribution in [0.25, 0.3) is 17.1 Å². The van der Waals surface area contributed by atoms with E-state index in [2.05, 4.69) is 51.8 Å². The summed E-state index contributed by atoms with van der Waals surface area (Å²) in [6.45, 7) is 5.90. The van der Waals surface area contributed by atoms with Gasteiger partial charge in [0.05, 0.1) is 18.5 Å². The van der Waals surface area contributed by atoms with Crippen molar-refractivity contribution in [2.75, 3.05) is 19.1 Å². The molecule has 0 radical (unpaired) electrons. The van der Waals surface area contributed by atoms with Crippen LogP contribution in [0.5, 0.6) is 5.75 Å². The zero-order valence-corrected chi connectivity index (χ0v) is 21.5. The summed E-state index contributed by atoms with van der Waals surface area (Å²) in [4.78, 5) is 17.8. The van der Waals surface area contributed by atoms with E-state index in [1.165, 1.54) is 23.8 Å². The SMILES string of the molecule is COc1ccc(-c2nnc(SCc3csc(N(C)C(C)=O)n3)n2-c2ccccc2C(C)C)cc1. The molecule has 4 aromatic rings. The predicted octanol–water partition coefficient (Wildman–Crippen LogP) is 5.80. The Kier molecular flexibility index (Phi) is 7.33. The molecule has 2 aromatic heterocycles. The Morgan fingerprint density at radius 2 is 1.88 bits per heavy atom. The number of benzene rings is 2. The maximum Gasteiger partial charge on any atom is 0.225 e. The van der Waals surface area contributed by atoms with Crippen LogP contribution in [0.1, 0.15) is 37.9 Å². The number of aromatic nitrogens is 4. The number of carbonyl (C=O) groups is 1. The van der Waals surface area contributed by atoms with Crippen LogP contribution in [0, 0.1) is 0 Å². The van der Waals surface area contributed by atoms with Crippen molar-refractivity contribution in [2.24, 2.45) is 0 Å². The highest BCUT2D eigenvalue weighted by molar-refractivity contribution is 7.98. The van der Waals surface area contributed by atoms with Gasteiger partial charge in [0.2, 0.25) is 5.91 Å². The third-order valence-electron chi connectivity index (χ3n) is 5.43. The fraction of sp³-hybridized carbons (Fsp3) is 0.280. The van der Waals surface area contributed by atoms with Crippen LogP contribution in [-0.2, 0) is 10.5 Å². The Morgan fingerprint density at radius 1 is 1.15 bits per heavy atom. The number of rotatable bonds is 8. The first-order chi connectivity index (χ1) is 16.4. The molecule has 0 spiro atoms. The summed E-state index contributed by atoms with van der Waals surface area (Å²) in [5.74, 6) is 2.48. The van der Waals surface area contributed by atoms with Gasteiger partial charge < -0.3 is 4.74 Å². The molecule has 4 rings (SSSR count). The summed E-state index contributed by atoms with van der Waals surface area (Å²) >= 11 is 3.04. The first-order valence-electron chi connectivity index (χ1n) is 10.9. The molecule has 0 fully saturated rings. The molecule has 0 unspecified atom stereocenters. The minimum absolute atomic E-state index is 0.0391. The van der Waals surface area contributed by atoms with Gasteiger partial charge in [0.1, 0.15) is 5.75 Å². The van der Waals surface area contributed by atoms with Gasteiger partial charge in [-0.3, -0.25) is 14.3 Å². The summed E-state index contributed by atoms with van der Waals surface area (Å²) in [6.07, 6.45) is 0. The molecule has 0 aliphatic heterocycles. The largest absolute Gasteiger partial charge is 0.497 e. The second kappa shape index (κ2) is 10.4. The van der Waals surface area contributed by atoms with E-state index in [-0.39, 0.29) is 5.91 Å². The molecule has 0 bridgehead atoms. The monoisotopic (exact) mass is 493 g/mol. The van der Waals surface area contributed by atoms with Crippen molar-refractivity contribution in [3.63, 3.8) is 0 Å². The summed E-state index contributed by atoms with van der Waals surface area (Å²) in [5.41, 5.74) is 4.14. The molecule has 0 atom stereocenters. The Balaban J connectivity index is 1.72. The van der Waals surface area contributed by atoms with Crippen LogP contribution in [-0.4, -0.2) is 39.8 Å². The van der Waals surface area contributed by atoms with Gasteiger partial charge in [-0.15, -0.1) is 21.5 Å². The molecule has 34 heavy (non-hydrogen) atoms. The van der Waals surface area contributed by atoms with Crippen molar-refractivity contribution in [2.45, 2.75) is 37.6 Å². The summed E-state index contributed by atoms with van der Waals surface area (Å²) in [5, 5.41) is 12.6. The molecule has 2 heterocycles. The van der Waals surface area contributed by atoms with Crippen molar-refractivity contribution in [1.82, 2.24) is 19.7 Å². The van der Waals surface area contributed by atoms with E-state index in [9.17, 15) is 4.79 Å². The van der Waals surface area contributed by atoms with Crippen molar-refractivity contribution in [3.8, 4) is 22.8 Å². The van der Waals surface area contributed by atoms with E-state index >= 15 is 0 Å². The lowest BCUT2D eigenvalue weighted by Crippen LogP contribution is -2.22. The highest BCUT2D eigenvalue weighted by atomic mass is 32.2. The maximum atomic E-state index is 11.7. The number of ether oxygens (including phenoxy) is 1. The number of thioether (sulfide) groups is 1. The quantitative estimate of drug-likeness (QED) is 0.289. The number of nitrogens with zero attached hydrogens (tertiary/aromatic N) is 5. The highest BCUT2D eigenvalue weighted by Crippen LogP contribution is 2.34. The third kappa shape index (κ3) is 5.00. The summed E-state index contributed by atoms with van der Waals surface area (Å²) in [6, 6.07) is 16.2. The molecule has 0 aliphatic carbocycles. The topological polar surface area (TPSA) is 73.1 Å². The number of amides is 1. The van der Waals surface area contributed by atoms with Gasteiger partial charge in [-0.2, -0.15) is 0 Å². The van der Waals surface area contributed by atoms with Crippen molar-refractivity contribution < 1.29 is 9.53 Å². The molecular formula is C25H27N5O2S2. The summed E-state index contributed by atoms with van der Waals surface area (Å²) < 4.78 is 7.44. The molecule has 1 amide bonds. The predicted molar refractivity (Wildman–Crippen MR) is 138 cm³/mol. The van der Waals surface area contributed by atoms with Crippen LogP contribution in [0.3, 0.4) is 0 Å². The van der Waals surface area contributed by atoms with Crippen LogP contribution >= 0.6 is 23.1 Å². The molecule has 0 saturated heterocycles. The van der Waals surface area contributed by atoms with E-state index in [4.69, 9.17) is 4.74 Å². The van der Waals surface area contributed by atoms with Gasteiger partial charge >= 0.3 is 0 Å². The van der Waals surface area contributed by atoms with Crippen molar-refractivity contribution in [3.05, 3.63) is 65.2 Å². The van der Waals surface area contributed by atoms with Gasteiger partial charge in [-0.25, -0.2) is 4.98 Å². The zero-order valence-electron chi connectivity index (χ0n) is 19.8. The molecule has 9 heteroatoms. The van der Waals surface area contributed by atoms with Gasteiger partial charge in [0.15, 0.2) is 16.1 Å². The van der Waals surface area contributed by atoms with Crippen LogP contribution < -0.4 is 9.64 Å². The van der Waals surface area contributed by atoms with Gasteiger partial charge in [-0.1, -0.05) is 43.8 Å². The normalized spacial score (nSPS) is 11.1. The number of hydrogen-bond acceptors (Lipinski definition) is 7. The van der Waals surface area contributed by atoms with Gasteiger partial charge in [0, 0.05) is 30.7 Å². The lowest BCUT2D eigenvalue weighted by Gasteiger charge is -2.17. The summed E-state index contributed by atoms with van der Waals surface area (Å²) in [7, 11) is 3.39. The molecule has 7 nitrogen and oxygen atoms in total. The molecule has 176 valence electrons. The van der Waals surface area contributed by atoms with E-state index in [0.717, 1.165) is 33.7 Å². The number of carbonyl (C=O) groups excluding carboxylic acids is 1. The van der Waals surface area contributed by atoms with Crippen LogP contribution in [0.4, 0.5) is 5.13 Å². The van der Waals surface area contributed by atoms with Crippen molar-refractivity contribution >= 4 is 34.1 Å². The minimum atomic E-state index is -0.0391. The molecule has 2 aromatic carbocycles.